The average Bonchev–Trinajstić information content (AvgIpc) is 3.22. The molecule has 1 aromatic carbocycles. The number of halogens is 3. The van der Waals surface area contributed by atoms with Crippen LogP contribution in [0.2, 0.25) is 0 Å². The standard InChI is InChI=1S/C28H26F3N7O/c1-36-10-3-11-37(13-12-36)19-21-6-7-23(15-25(21)28(29,30)31)35-27(39)22-14-20(16-32-17-22)5-8-24-18-33-26-4-2-9-34-38(24)26/h2,4,6-7,9,14-18H,3,10-13,19H2,1H3,(H,35,39). The number of hydrogen-bond donors (Lipinski definition) is 1. The Morgan fingerprint density at radius 2 is 1.92 bits per heavy atom. The highest BCUT2D eigenvalue weighted by Crippen LogP contribution is 2.34. The molecule has 3 aromatic heterocycles. The highest BCUT2D eigenvalue weighted by molar-refractivity contribution is 6.04. The summed E-state index contributed by atoms with van der Waals surface area (Å²) >= 11 is 0. The van der Waals surface area contributed by atoms with E-state index in [2.05, 4.69) is 37.1 Å². The zero-order valence-electron chi connectivity index (χ0n) is 21.2. The summed E-state index contributed by atoms with van der Waals surface area (Å²) in [5, 5.41) is 6.77. The van der Waals surface area contributed by atoms with E-state index in [4.69, 9.17) is 0 Å². The van der Waals surface area contributed by atoms with Crippen LogP contribution in [0.1, 0.15) is 39.2 Å². The number of fused-ring (bicyclic) bond motifs is 1. The molecule has 1 aliphatic rings. The van der Waals surface area contributed by atoms with Gasteiger partial charge in [0.1, 0.15) is 5.69 Å². The van der Waals surface area contributed by atoms with Gasteiger partial charge in [-0.25, -0.2) is 9.50 Å². The summed E-state index contributed by atoms with van der Waals surface area (Å²) in [6.07, 6.45) is 2.40. The second-order valence-electron chi connectivity index (χ2n) is 9.41. The fourth-order valence-electron chi connectivity index (χ4n) is 4.44. The largest absolute Gasteiger partial charge is 0.416 e. The molecule has 1 N–H and O–H groups in total. The van der Waals surface area contributed by atoms with Gasteiger partial charge in [-0.1, -0.05) is 12.0 Å². The van der Waals surface area contributed by atoms with Crippen molar-refractivity contribution in [2.75, 3.05) is 38.5 Å². The van der Waals surface area contributed by atoms with Crippen LogP contribution in [0.5, 0.6) is 0 Å². The number of alkyl halides is 3. The van der Waals surface area contributed by atoms with E-state index in [-0.39, 0.29) is 23.4 Å². The monoisotopic (exact) mass is 533 g/mol. The third-order valence-corrected chi connectivity index (χ3v) is 6.49. The van der Waals surface area contributed by atoms with Gasteiger partial charge in [-0.2, -0.15) is 18.3 Å². The smallest absolute Gasteiger partial charge is 0.322 e. The van der Waals surface area contributed by atoms with Crippen molar-refractivity contribution in [1.29, 1.82) is 0 Å². The molecule has 8 nitrogen and oxygen atoms in total. The van der Waals surface area contributed by atoms with Crippen LogP contribution >= 0.6 is 0 Å². The Bertz CT molecular complexity index is 1550. The second kappa shape index (κ2) is 11.2. The van der Waals surface area contributed by atoms with Crippen LogP contribution in [0.15, 0.2) is 61.2 Å². The average molecular weight is 534 g/mol. The van der Waals surface area contributed by atoms with Gasteiger partial charge in [-0.05, 0) is 68.4 Å². The zero-order valence-corrected chi connectivity index (χ0v) is 21.2. The van der Waals surface area contributed by atoms with Crippen molar-refractivity contribution < 1.29 is 18.0 Å². The van der Waals surface area contributed by atoms with Gasteiger partial charge >= 0.3 is 6.18 Å². The van der Waals surface area contributed by atoms with E-state index in [1.165, 1.54) is 30.6 Å². The van der Waals surface area contributed by atoms with Crippen molar-refractivity contribution in [3.8, 4) is 11.8 Å². The third-order valence-electron chi connectivity index (χ3n) is 6.49. The fourth-order valence-corrected chi connectivity index (χ4v) is 4.44. The predicted molar refractivity (Wildman–Crippen MR) is 140 cm³/mol. The van der Waals surface area contributed by atoms with Gasteiger partial charge in [0.15, 0.2) is 5.65 Å². The molecule has 200 valence electrons. The molecular weight excluding hydrogens is 507 g/mol. The van der Waals surface area contributed by atoms with E-state index in [1.807, 2.05) is 11.9 Å². The summed E-state index contributed by atoms with van der Waals surface area (Å²) in [7, 11) is 2.01. The summed E-state index contributed by atoms with van der Waals surface area (Å²) in [4.78, 5) is 25.4. The van der Waals surface area contributed by atoms with Crippen molar-refractivity contribution in [3.05, 3.63) is 89.1 Å². The van der Waals surface area contributed by atoms with Crippen LogP contribution in [0.3, 0.4) is 0 Å². The summed E-state index contributed by atoms with van der Waals surface area (Å²) < 4.78 is 43.5. The first-order valence-corrected chi connectivity index (χ1v) is 12.4. The Kier molecular flexibility index (Phi) is 7.58. The Morgan fingerprint density at radius 3 is 2.77 bits per heavy atom. The van der Waals surface area contributed by atoms with Gasteiger partial charge < -0.3 is 10.2 Å². The number of amides is 1. The summed E-state index contributed by atoms with van der Waals surface area (Å²) in [5.41, 5.74) is 1.33. The first-order chi connectivity index (χ1) is 18.8. The maximum Gasteiger partial charge on any atom is 0.416 e. The number of pyridine rings is 1. The molecule has 0 radical (unpaired) electrons. The van der Waals surface area contributed by atoms with Crippen LogP contribution in [0.4, 0.5) is 18.9 Å². The minimum absolute atomic E-state index is 0.0555. The Morgan fingerprint density at radius 1 is 1.05 bits per heavy atom. The quantitative estimate of drug-likeness (QED) is 0.401. The van der Waals surface area contributed by atoms with Gasteiger partial charge in [0.25, 0.3) is 5.91 Å². The molecule has 0 saturated carbocycles. The lowest BCUT2D eigenvalue weighted by Gasteiger charge is -2.23. The number of imidazole rings is 1. The van der Waals surface area contributed by atoms with E-state index in [9.17, 15) is 18.0 Å². The van der Waals surface area contributed by atoms with Gasteiger partial charge in [0, 0.05) is 49.5 Å². The summed E-state index contributed by atoms with van der Waals surface area (Å²) in [6.45, 7) is 3.37. The van der Waals surface area contributed by atoms with Crippen molar-refractivity contribution in [3.63, 3.8) is 0 Å². The minimum Gasteiger partial charge on any atom is -0.322 e. The van der Waals surface area contributed by atoms with Gasteiger partial charge in [0.2, 0.25) is 0 Å². The molecule has 0 spiro atoms. The molecule has 0 unspecified atom stereocenters. The first kappa shape index (κ1) is 26.3. The van der Waals surface area contributed by atoms with E-state index in [1.54, 1.807) is 29.0 Å². The Hall–Kier alpha value is -4.27. The maximum absolute atomic E-state index is 14.0. The molecule has 1 saturated heterocycles. The third kappa shape index (κ3) is 6.42. The molecule has 1 fully saturated rings. The molecule has 4 aromatic rings. The van der Waals surface area contributed by atoms with E-state index in [0.717, 1.165) is 32.1 Å². The van der Waals surface area contributed by atoms with Gasteiger partial charge in [-0.15, -0.1) is 0 Å². The second-order valence-corrected chi connectivity index (χ2v) is 9.41. The number of benzene rings is 1. The number of nitrogens with one attached hydrogen (secondary N) is 1. The van der Waals surface area contributed by atoms with Crippen LogP contribution in [-0.2, 0) is 12.7 Å². The molecule has 0 bridgehead atoms. The van der Waals surface area contributed by atoms with Gasteiger partial charge in [0.05, 0.1) is 17.3 Å². The first-order valence-electron chi connectivity index (χ1n) is 12.4. The van der Waals surface area contributed by atoms with Gasteiger partial charge in [-0.3, -0.25) is 14.7 Å². The molecule has 1 amide bonds. The number of aromatic nitrogens is 4. The molecule has 5 rings (SSSR count). The number of anilines is 1. The normalized spacial score (nSPS) is 15.0. The van der Waals surface area contributed by atoms with E-state index in [0.29, 0.717) is 23.4 Å². The van der Waals surface area contributed by atoms with Crippen molar-refractivity contribution in [2.24, 2.45) is 0 Å². The number of nitrogens with zero attached hydrogens (tertiary/aromatic N) is 6. The predicted octanol–water partition coefficient (Wildman–Crippen LogP) is 3.93. The number of rotatable bonds is 4. The molecular formula is C28H26F3N7O. The number of carbonyl (C=O) groups is 1. The lowest BCUT2D eigenvalue weighted by Crippen LogP contribution is -2.29. The maximum atomic E-state index is 14.0. The van der Waals surface area contributed by atoms with Crippen LogP contribution in [0, 0.1) is 11.8 Å². The van der Waals surface area contributed by atoms with Crippen LogP contribution in [-0.4, -0.2) is 68.5 Å². The van der Waals surface area contributed by atoms with Crippen molar-refractivity contribution in [1.82, 2.24) is 29.4 Å². The zero-order chi connectivity index (χ0) is 27.4. The molecule has 0 aliphatic carbocycles. The molecule has 1 aliphatic heterocycles. The van der Waals surface area contributed by atoms with E-state index < -0.39 is 17.6 Å². The van der Waals surface area contributed by atoms with E-state index >= 15 is 0 Å². The highest BCUT2D eigenvalue weighted by atomic mass is 19.4. The Labute approximate surface area is 223 Å². The fraction of sp³-hybridized carbons (Fsp3) is 0.286. The SMILES string of the molecule is CN1CCCN(Cc2ccc(NC(=O)c3cncc(C#Cc4cnc5cccnn45)c3)cc2C(F)(F)F)CC1. The number of hydrogen-bond acceptors (Lipinski definition) is 6. The van der Waals surface area contributed by atoms with Crippen molar-refractivity contribution >= 4 is 17.2 Å². The summed E-state index contributed by atoms with van der Waals surface area (Å²) in [5.74, 6) is 5.30. The molecule has 11 heteroatoms. The topological polar surface area (TPSA) is 78.7 Å². The minimum atomic E-state index is -4.55. The number of likely N-dealkylation sites (N-methyl/N-ethyl adjacent to an activating group) is 1. The molecule has 4 heterocycles. The lowest BCUT2D eigenvalue weighted by molar-refractivity contribution is -0.138. The molecule has 0 atom stereocenters. The Balaban J connectivity index is 1.32. The number of carbonyl (C=O) groups excluding carboxylic acids is 1. The lowest BCUT2D eigenvalue weighted by atomic mass is 10.0. The summed E-state index contributed by atoms with van der Waals surface area (Å²) in [6, 6.07) is 9.03. The van der Waals surface area contributed by atoms with Crippen molar-refractivity contribution in [2.45, 2.75) is 19.1 Å². The van der Waals surface area contributed by atoms with Crippen LogP contribution in [0.25, 0.3) is 5.65 Å². The molecule has 39 heavy (non-hydrogen) atoms. The van der Waals surface area contributed by atoms with Crippen LogP contribution < -0.4 is 5.32 Å². The highest BCUT2D eigenvalue weighted by Gasteiger charge is 2.34.